The largest absolute Gasteiger partial charge is 0.483 e. The lowest BCUT2D eigenvalue weighted by molar-refractivity contribution is 0.159. The third-order valence-electron chi connectivity index (χ3n) is 4.40. The fourth-order valence-electron chi connectivity index (χ4n) is 2.89. The molecule has 2 aliphatic heterocycles. The smallest absolute Gasteiger partial charge is 0.243 e. The molecule has 22 heavy (non-hydrogen) atoms. The highest BCUT2D eigenvalue weighted by molar-refractivity contribution is 7.89. The van der Waals surface area contributed by atoms with Gasteiger partial charge in [0.05, 0.1) is 4.90 Å². The van der Waals surface area contributed by atoms with Crippen LogP contribution in [0.2, 0.25) is 0 Å². The average molecular weight is 321 g/mol. The molecule has 0 amide bonds. The van der Waals surface area contributed by atoms with Crippen LogP contribution >= 0.6 is 0 Å². The number of fused-ring (bicyclic) bond motifs is 1. The summed E-state index contributed by atoms with van der Waals surface area (Å²) in [5, 5.41) is 0. The highest BCUT2D eigenvalue weighted by Crippen LogP contribution is 2.33. The number of nitrogens with zero attached hydrogens (tertiary/aromatic N) is 1. The lowest BCUT2D eigenvalue weighted by Crippen LogP contribution is -2.37. The van der Waals surface area contributed by atoms with Crippen LogP contribution in [-0.4, -0.2) is 31.4 Å². The van der Waals surface area contributed by atoms with Gasteiger partial charge in [-0.25, -0.2) is 8.42 Å². The predicted octanol–water partition coefficient (Wildman–Crippen LogP) is 3.29. The number of sulfonamides is 1. The normalized spacial score (nSPS) is 22.1. The van der Waals surface area contributed by atoms with E-state index >= 15 is 0 Å². The monoisotopic (exact) mass is 321 g/mol. The van der Waals surface area contributed by atoms with Gasteiger partial charge in [0, 0.05) is 18.7 Å². The number of hydrogen-bond acceptors (Lipinski definition) is 3. The first-order chi connectivity index (χ1) is 10.3. The fraction of sp³-hybridized carbons (Fsp3) is 0.529. The Labute approximate surface area is 132 Å². The summed E-state index contributed by atoms with van der Waals surface area (Å²) in [6.07, 6.45) is 5.76. The molecule has 120 valence electrons. The summed E-state index contributed by atoms with van der Waals surface area (Å²) >= 11 is 0. The van der Waals surface area contributed by atoms with Gasteiger partial charge in [0.15, 0.2) is 0 Å². The van der Waals surface area contributed by atoms with E-state index in [4.69, 9.17) is 4.74 Å². The molecular weight excluding hydrogens is 298 g/mol. The maximum absolute atomic E-state index is 12.8. The predicted molar refractivity (Wildman–Crippen MR) is 87.3 cm³/mol. The topological polar surface area (TPSA) is 46.6 Å². The second-order valence-electron chi connectivity index (χ2n) is 6.83. The summed E-state index contributed by atoms with van der Waals surface area (Å²) < 4.78 is 33.0. The van der Waals surface area contributed by atoms with Gasteiger partial charge in [0.2, 0.25) is 10.0 Å². The molecule has 2 heterocycles. The molecule has 2 aliphatic rings. The molecule has 1 aromatic carbocycles. The van der Waals surface area contributed by atoms with Crippen molar-refractivity contribution in [3.8, 4) is 5.75 Å². The Bertz CT molecular complexity index is 699. The summed E-state index contributed by atoms with van der Waals surface area (Å²) in [5.74, 6) is 1.34. The van der Waals surface area contributed by atoms with Crippen molar-refractivity contribution >= 4 is 16.1 Å². The summed E-state index contributed by atoms with van der Waals surface area (Å²) in [6, 6.07) is 5.13. The van der Waals surface area contributed by atoms with Gasteiger partial charge in [-0.1, -0.05) is 13.0 Å². The lowest BCUT2D eigenvalue weighted by Gasteiger charge is -2.30. The Morgan fingerprint density at radius 2 is 1.91 bits per heavy atom. The molecule has 0 aromatic heterocycles. The molecule has 0 saturated carbocycles. The first kappa shape index (κ1) is 15.6. The van der Waals surface area contributed by atoms with Gasteiger partial charge >= 0.3 is 0 Å². The summed E-state index contributed by atoms with van der Waals surface area (Å²) in [7, 11) is -3.40. The molecule has 0 aliphatic carbocycles. The molecule has 0 N–H and O–H groups in total. The van der Waals surface area contributed by atoms with Crippen LogP contribution < -0.4 is 4.74 Å². The summed E-state index contributed by atoms with van der Waals surface area (Å²) in [4.78, 5) is 0.355. The van der Waals surface area contributed by atoms with Gasteiger partial charge in [-0.05, 0) is 56.9 Å². The van der Waals surface area contributed by atoms with Crippen LogP contribution in [0.1, 0.15) is 39.2 Å². The van der Waals surface area contributed by atoms with Crippen LogP contribution in [0.15, 0.2) is 29.2 Å². The molecule has 0 bridgehead atoms. The van der Waals surface area contributed by atoms with Gasteiger partial charge in [-0.15, -0.1) is 0 Å². The molecule has 0 radical (unpaired) electrons. The van der Waals surface area contributed by atoms with Gasteiger partial charge in [-0.3, -0.25) is 0 Å². The van der Waals surface area contributed by atoms with E-state index in [1.165, 1.54) is 0 Å². The number of piperidine rings is 1. The Kier molecular flexibility index (Phi) is 3.81. The molecule has 1 fully saturated rings. The van der Waals surface area contributed by atoms with E-state index in [0.29, 0.717) is 23.9 Å². The number of hydrogen-bond donors (Lipinski definition) is 0. The first-order valence-corrected chi connectivity index (χ1v) is 9.24. The van der Waals surface area contributed by atoms with E-state index in [9.17, 15) is 8.42 Å². The molecule has 0 unspecified atom stereocenters. The minimum atomic E-state index is -3.40. The van der Waals surface area contributed by atoms with Crippen LogP contribution in [0, 0.1) is 5.92 Å². The molecular formula is C17H23NO3S. The quantitative estimate of drug-likeness (QED) is 0.840. The van der Waals surface area contributed by atoms with E-state index in [-0.39, 0.29) is 5.60 Å². The Morgan fingerprint density at radius 3 is 2.59 bits per heavy atom. The zero-order chi connectivity index (χ0) is 16.0. The van der Waals surface area contributed by atoms with Crippen LogP contribution in [0.4, 0.5) is 0 Å². The van der Waals surface area contributed by atoms with Crippen LogP contribution in [0.5, 0.6) is 5.75 Å². The Balaban J connectivity index is 1.90. The molecule has 5 heteroatoms. The van der Waals surface area contributed by atoms with Crippen molar-refractivity contribution in [3.05, 3.63) is 29.8 Å². The van der Waals surface area contributed by atoms with Crippen LogP contribution in [0.3, 0.4) is 0 Å². The minimum absolute atomic E-state index is 0.351. The standard InChI is InChI=1S/C17H23NO3S/c1-13-7-10-18(11-8-13)22(19,20)15-4-5-16-14(12-15)6-9-17(2,3)21-16/h4-6,9,12-13H,7-8,10-11H2,1-3H3. The zero-order valence-electron chi connectivity index (χ0n) is 13.4. The highest BCUT2D eigenvalue weighted by Gasteiger charge is 2.29. The number of ether oxygens (including phenoxy) is 1. The lowest BCUT2D eigenvalue weighted by atomic mass is 10.0. The highest BCUT2D eigenvalue weighted by atomic mass is 32.2. The van der Waals surface area contributed by atoms with Gasteiger partial charge in [0.25, 0.3) is 0 Å². The average Bonchev–Trinajstić information content (AvgIpc) is 2.46. The maximum atomic E-state index is 12.8. The molecule has 1 aromatic rings. The van der Waals surface area contributed by atoms with Crippen LogP contribution in [-0.2, 0) is 10.0 Å². The fourth-order valence-corrected chi connectivity index (χ4v) is 4.40. The van der Waals surface area contributed by atoms with E-state index in [1.54, 1.807) is 22.5 Å². The second-order valence-corrected chi connectivity index (χ2v) is 8.76. The van der Waals surface area contributed by atoms with E-state index in [2.05, 4.69) is 6.92 Å². The van der Waals surface area contributed by atoms with Crippen molar-refractivity contribution < 1.29 is 13.2 Å². The molecule has 4 nitrogen and oxygen atoms in total. The third kappa shape index (κ3) is 2.92. The second kappa shape index (κ2) is 5.39. The van der Waals surface area contributed by atoms with Crippen molar-refractivity contribution in [2.45, 2.75) is 44.1 Å². The van der Waals surface area contributed by atoms with E-state index in [0.717, 1.165) is 24.2 Å². The van der Waals surface area contributed by atoms with Crippen LogP contribution in [0.25, 0.3) is 6.08 Å². The SMILES string of the molecule is CC1CCN(S(=O)(=O)c2ccc3c(c2)C=CC(C)(C)O3)CC1. The molecule has 1 saturated heterocycles. The number of benzene rings is 1. The molecule has 3 rings (SSSR count). The van der Waals surface area contributed by atoms with Gasteiger partial charge in [-0.2, -0.15) is 4.31 Å². The van der Waals surface area contributed by atoms with Crippen molar-refractivity contribution in [1.29, 1.82) is 0 Å². The van der Waals surface area contributed by atoms with Crippen molar-refractivity contribution in [3.63, 3.8) is 0 Å². The molecule has 0 atom stereocenters. The first-order valence-electron chi connectivity index (χ1n) is 7.80. The van der Waals surface area contributed by atoms with Gasteiger partial charge < -0.3 is 4.74 Å². The Morgan fingerprint density at radius 1 is 1.23 bits per heavy atom. The summed E-state index contributed by atoms with van der Waals surface area (Å²) in [6.45, 7) is 7.35. The van der Waals surface area contributed by atoms with Gasteiger partial charge in [0.1, 0.15) is 11.4 Å². The van der Waals surface area contributed by atoms with Crippen molar-refractivity contribution in [2.75, 3.05) is 13.1 Å². The van der Waals surface area contributed by atoms with E-state index in [1.807, 2.05) is 26.0 Å². The molecule has 0 spiro atoms. The third-order valence-corrected chi connectivity index (χ3v) is 6.29. The van der Waals surface area contributed by atoms with Crippen molar-refractivity contribution in [1.82, 2.24) is 4.31 Å². The minimum Gasteiger partial charge on any atom is -0.483 e. The van der Waals surface area contributed by atoms with E-state index < -0.39 is 10.0 Å². The zero-order valence-corrected chi connectivity index (χ0v) is 14.2. The maximum Gasteiger partial charge on any atom is 0.243 e. The number of rotatable bonds is 2. The summed E-state index contributed by atoms with van der Waals surface area (Å²) in [5.41, 5.74) is 0.474. The van der Waals surface area contributed by atoms with Crippen molar-refractivity contribution in [2.24, 2.45) is 5.92 Å². The Hall–Kier alpha value is -1.33.